The van der Waals surface area contributed by atoms with Gasteiger partial charge in [-0.1, -0.05) is 12.1 Å². The van der Waals surface area contributed by atoms with Gasteiger partial charge in [0.2, 0.25) is 0 Å². The van der Waals surface area contributed by atoms with Crippen molar-refractivity contribution < 1.29 is 14.3 Å². The summed E-state index contributed by atoms with van der Waals surface area (Å²) in [7, 11) is 1.36. The molecule has 1 aromatic carbocycles. The molecule has 0 spiro atoms. The zero-order chi connectivity index (χ0) is 16.8. The molecule has 0 bridgehead atoms. The highest BCUT2D eigenvalue weighted by molar-refractivity contribution is 5.86. The van der Waals surface area contributed by atoms with Crippen LogP contribution in [0.25, 0.3) is 6.08 Å². The van der Waals surface area contributed by atoms with Crippen molar-refractivity contribution in [1.29, 1.82) is 0 Å². The highest BCUT2D eigenvalue weighted by atomic mass is 16.5. The van der Waals surface area contributed by atoms with E-state index in [9.17, 15) is 4.79 Å². The summed E-state index contributed by atoms with van der Waals surface area (Å²) in [5, 5.41) is 7.13. The van der Waals surface area contributed by atoms with Crippen LogP contribution in [0.5, 0.6) is 5.75 Å². The van der Waals surface area contributed by atoms with Gasteiger partial charge in [0.05, 0.1) is 13.3 Å². The van der Waals surface area contributed by atoms with E-state index in [1.54, 1.807) is 6.08 Å². The van der Waals surface area contributed by atoms with Crippen LogP contribution >= 0.6 is 0 Å². The number of hydrogen-bond donors (Lipinski definition) is 1. The van der Waals surface area contributed by atoms with Crippen molar-refractivity contribution in [1.82, 2.24) is 15.1 Å². The molecule has 2 aromatic rings. The van der Waals surface area contributed by atoms with E-state index in [1.807, 2.05) is 30.5 Å². The molecule has 0 unspecified atom stereocenters. The maximum absolute atomic E-state index is 11.1. The summed E-state index contributed by atoms with van der Waals surface area (Å²) in [4.78, 5) is 13.4. The van der Waals surface area contributed by atoms with Crippen LogP contribution in [0.1, 0.15) is 16.8 Å². The molecule has 0 saturated heterocycles. The first-order chi connectivity index (χ1) is 11.7. The lowest BCUT2D eigenvalue weighted by molar-refractivity contribution is -0.134. The summed E-state index contributed by atoms with van der Waals surface area (Å²) in [6.45, 7) is 3.47. The molecular formula is C18H21N3O3. The largest absolute Gasteiger partial charge is 0.492 e. The Morgan fingerprint density at radius 2 is 2.21 bits per heavy atom. The van der Waals surface area contributed by atoms with Gasteiger partial charge < -0.3 is 9.47 Å². The number of methoxy groups -OCH3 is 1. The minimum absolute atomic E-state index is 0.363. The first-order valence-electron chi connectivity index (χ1n) is 7.97. The SMILES string of the molecule is COC(=O)/C=C/c1ccc(OCCN2CCc3[nH]ncc3C2)cc1. The molecule has 2 heterocycles. The number of esters is 1. The number of carbonyl (C=O) groups is 1. The van der Waals surface area contributed by atoms with Crippen LogP contribution in [0.2, 0.25) is 0 Å². The lowest BCUT2D eigenvalue weighted by Crippen LogP contribution is -2.33. The number of aromatic nitrogens is 2. The van der Waals surface area contributed by atoms with Crippen molar-refractivity contribution in [3.8, 4) is 5.75 Å². The summed E-state index contributed by atoms with van der Waals surface area (Å²) in [5.41, 5.74) is 3.46. The molecule has 6 nitrogen and oxygen atoms in total. The molecule has 0 atom stereocenters. The Morgan fingerprint density at radius 1 is 1.38 bits per heavy atom. The number of carbonyl (C=O) groups excluding carboxylic acids is 1. The number of fused-ring (bicyclic) bond motifs is 1. The predicted octanol–water partition coefficient (Wildman–Crippen LogP) is 2.03. The molecule has 0 amide bonds. The highest BCUT2D eigenvalue weighted by Gasteiger charge is 2.17. The second kappa shape index (κ2) is 7.79. The number of H-pyrrole nitrogens is 1. The van der Waals surface area contributed by atoms with Gasteiger partial charge in [0, 0.05) is 43.4 Å². The molecule has 6 heteroatoms. The van der Waals surface area contributed by atoms with Crippen molar-refractivity contribution in [3.05, 3.63) is 53.4 Å². The minimum atomic E-state index is -0.363. The third kappa shape index (κ3) is 4.23. The van der Waals surface area contributed by atoms with Crippen LogP contribution in [0.15, 0.2) is 36.5 Å². The third-order valence-corrected chi connectivity index (χ3v) is 4.05. The summed E-state index contributed by atoms with van der Waals surface area (Å²) in [6.07, 6.45) is 6.03. The number of nitrogens with zero attached hydrogens (tertiary/aromatic N) is 2. The Balaban J connectivity index is 1.44. The molecule has 1 aliphatic heterocycles. The Kier molecular flexibility index (Phi) is 5.28. The van der Waals surface area contributed by atoms with Crippen LogP contribution in [0.4, 0.5) is 0 Å². The molecule has 1 N–H and O–H groups in total. The molecule has 126 valence electrons. The van der Waals surface area contributed by atoms with Crippen LogP contribution in [-0.2, 0) is 22.5 Å². The van der Waals surface area contributed by atoms with Gasteiger partial charge in [-0.15, -0.1) is 0 Å². The number of hydrogen-bond acceptors (Lipinski definition) is 5. The fraction of sp³-hybridized carbons (Fsp3) is 0.333. The van der Waals surface area contributed by atoms with Gasteiger partial charge in [-0.25, -0.2) is 4.79 Å². The second-order valence-electron chi connectivity index (χ2n) is 5.67. The number of aromatic amines is 1. The highest BCUT2D eigenvalue weighted by Crippen LogP contribution is 2.16. The summed E-state index contributed by atoms with van der Waals surface area (Å²) in [6, 6.07) is 7.63. The van der Waals surface area contributed by atoms with E-state index in [0.717, 1.165) is 37.4 Å². The second-order valence-corrected chi connectivity index (χ2v) is 5.67. The quantitative estimate of drug-likeness (QED) is 0.649. The number of nitrogens with one attached hydrogen (secondary N) is 1. The maximum atomic E-state index is 11.1. The predicted molar refractivity (Wildman–Crippen MR) is 90.6 cm³/mol. The van der Waals surface area contributed by atoms with Crippen molar-refractivity contribution in [2.24, 2.45) is 0 Å². The van der Waals surface area contributed by atoms with Gasteiger partial charge in [-0.05, 0) is 23.8 Å². The van der Waals surface area contributed by atoms with Crippen LogP contribution in [0, 0.1) is 0 Å². The van der Waals surface area contributed by atoms with Gasteiger partial charge in [0.15, 0.2) is 0 Å². The van der Waals surface area contributed by atoms with Gasteiger partial charge in [-0.2, -0.15) is 5.10 Å². The van der Waals surface area contributed by atoms with Crippen molar-refractivity contribution in [3.63, 3.8) is 0 Å². The molecular weight excluding hydrogens is 306 g/mol. The smallest absolute Gasteiger partial charge is 0.330 e. The molecule has 0 aliphatic carbocycles. The molecule has 0 saturated carbocycles. The van der Waals surface area contributed by atoms with Crippen molar-refractivity contribution in [2.45, 2.75) is 13.0 Å². The first kappa shape index (κ1) is 16.3. The van der Waals surface area contributed by atoms with E-state index in [0.29, 0.717) is 6.61 Å². The van der Waals surface area contributed by atoms with Crippen molar-refractivity contribution >= 4 is 12.0 Å². The normalized spacial score (nSPS) is 14.5. The van der Waals surface area contributed by atoms with Crippen molar-refractivity contribution in [2.75, 3.05) is 26.8 Å². The average molecular weight is 327 g/mol. The van der Waals surface area contributed by atoms with Gasteiger partial charge in [-0.3, -0.25) is 10.00 Å². The molecule has 0 radical (unpaired) electrons. The first-order valence-corrected chi connectivity index (χ1v) is 7.97. The van der Waals surface area contributed by atoms with Crippen LogP contribution in [-0.4, -0.2) is 47.9 Å². The topological polar surface area (TPSA) is 67.5 Å². The van der Waals surface area contributed by atoms with E-state index in [-0.39, 0.29) is 5.97 Å². The Labute approximate surface area is 141 Å². The number of ether oxygens (including phenoxy) is 2. The van der Waals surface area contributed by atoms with E-state index in [4.69, 9.17) is 4.74 Å². The monoisotopic (exact) mass is 327 g/mol. The Bertz CT molecular complexity index is 707. The molecule has 1 aromatic heterocycles. The minimum Gasteiger partial charge on any atom is -0.492 e. The molecule has 0 fully saturated rings. The fourth-order valence-corrected chi connectivity index (χ4v) is 2.67. The Morgan fingerprint density at radius 3 is 3.00 bits per heavy atom. The van der Waals surface area contributed by atoms with E-state index in [1.165, 1.54) is 24.4 Å². The maximum Gasteiger partial charge on any atom is 0.330 e. The van der Waals surface area contributed by atoms with E-state index < -0.39 is 0 Å². The zero-order valence-electron chi connectivity index (χ0n) is 13.7. The lowest BCUT2D eigenvalue weighted by atomic mass is 10.1. The standard InChI is InChI=1S/C18H21N3O3/c1-23-18(22)7-4-14-2-5-16(6-3-14)24-11-10-21-9-8-17-15(13-21)12-19-20-17/h2-7,12H,8-11,13H2,1H3,(H,19,20)/b7-4+. The summed E-state index contributed by atoms with van der Waals surface area (Å²) >= 11 is 0. The van der Waals surface area contributed by atoms with Crippen LogP contribution in [0.3, 0.4) is 0 Å². The molecule has 24 heavy (non-hydrogen) atoms. The van der Waals surface area contributed by atoms with Gasteiger partial charge in [0.25, 0.3) is 0 Å². The molecule has 3 rings (SSSR count). The third-order valence-electron chi connectivity index (χ3n) is 4.05. The van der Waals surface area contributed by atoms with E-state index in [2.05, 4.69) is 19.8 Å². The fourth-order valence-electron chi connectivity index (χ4n) is 2.67. The lowest BCUT2D eigenvalue weighted by Gasteiger charge is -2.26. The number of benzene rings is 1. The van der Waals surface area contributed by atoms with Gasteiger partial charge in [0.1, 0.15) is 12.4 Å². The summed E-state index contributed by atoms with van der Waals surface area (Å²) < 4.78 is 10.4. The zero-order valence-corrected chi connectivity index (χ0v) is 13.7. The number of rotatable bonds is 6. The van der Waals surface area contributed by atoms with Crippen LogP contribution < -0.4 is 4.74 Å². The van der Waals surface area contributed by atoms with Gasteiger partial charge >= 0.3 is 5.97 Å². The van der Waals surface area contributed by atoms with E-state index >= 15 is 0 Å². The summed E-state index contributed by atoms with van der Waals surface area (Å²) in [5.74, 6) is 0.462. The average Bonchev–Trinajstić information content (AvgIpc) is 3.08. The Hall–Kier alpha value is -2.60. The molecule has 1 aliphatic rings.